The molecule has 0 aromatic heterocycles. The minimum atomic E-state index is 0.452. The zero-order chi connectivity index (χ0) is 4.41. The summed E-state index contributed by atoms with van der Waals surface area (Å²) in [7, 11) is 0. The van der Waals surface area contributed by atoms with Crippen molar-refractivity contribution in [2.75, 3.05) is 0 Å². The molecule has 0 atom stereocenters. The van der Waals surface area contributed by atoms with Crippen molar-refractivity contribution in [2.45, 2.75) is 9.44 Å². The van der Waals surface area contributed by atoms with Crippen molar-refractivity contribution < 1.29 is 0 Å². The Balaban J connectivity index is 2.45. The van der Waals surface area contributed by atoms with Gasteiger partial charge in [-0.2, -0.15) is 0 Å². The molecule has 0 amide bonds. The van der Waals surface area contributed by atoms with Crippen LogP contribution in [0.25, 0.3) is 0 Å². The van der Waals surface area contributed by atoms with E-state index in [1.807, 2.05) is 0 Å². The van der Waals surface area contributed by atoms with Crippen LogP contribution in [0.5, 0.6) is 0 Å². The molecule has 0 nitrogen and oxygen atoms in total. The molecule has 0 unspecified atom stereocenters. The van der Waals surface area contributed by atoms with Crippen molar-refractivity contribution in [2.24, 2.45) is 0 Å². The predicted molar refractivity (Wildman–Crippen MR) is 30.1 cm³/mol. The molecule has 0 spiro atoms. The van der Waals surface area contributed by atoms with Crippen LogP contribution in [0.15, 0.2) is 7.75 Å². The first-order valence-electron chi connectivity index (χ1n) is 1.81. The van der Waals surface area contributed by atoms with Crippen molar-refractivity contribution in [3.05, 3.63) is 7.75 Å². The van der Waals surface area contributed by atoms with E-state index in [1.54, 1.807) is 6.14 Å². The van der Waals surface area contributed by atoms with Gasteiger partial charge in [0.1, 0.15) is 0 Å². The summed E-state index contributed by atoms with van der Waals surface area (Å²) in [4.78, 5) is 0. The van der Waals surface area contributed by atoms with E-state index in [0.29, 0.717) is 41.8 Å². The summed E-state index contributed by atoms with van der Waals surface area (Å²) < 4.78 is 5.93. The predicted octanol–water partition coefficient (Wildman–Crippen LogP) is 0.645. The first-order chi connectivity index (χ1) is 2.89. The summed E-state index contributed by atoms with van der Waals surface area (Å²) in [6, 6.07) is 0. The molecule has 1 rings (SSSR count). The van der Waals surface area contributed by atoms with Gasteiger partial charge in [0.05, 0.1) is 0 Å². The second-order valence-corrected chi connectivity index (χ2v) is 10.6. The van der Waals surface area contributed by atoms with Crippen molar-refractivity contribution >= 4 is 41.8 Å². The van der Waals surface area contributed by atoms with E-state index in [4.69, 9.17) is 0 Å². The van der Waals surface area contributed by atoms with Gasteiger partial charge >= 0.3 is 59.0 Å². The van der Waals surface area contributed by atoms with Crippen LogP contribution in [-0.4, -0.2) is 41.8 Å². The summed E-state index contributed by atoms with van der Waals surface area (Å²) in [6.07, 6.45) is 0. The standard InChI is InChI=1S/C4H6Te2/c1-4-2-5-3-6-4/h2H,3H2,1H3. The Bertz CT molecular complexity index is 75.6. The summed E-state index contributed by atoms with van der Waals surface area (Å²) >= 11 is 0.907. The van der Waals surface area contributed by atoms with E-state index in [2.05, 4.69) is 11.0 Å². The Labute approximate surface area is 58.5 Å². The van der Waals surface area contributed by atoms with Crippen LogP contribution >= 0.6 is 0 Å². The van der Waals surface area contributed by atoms with Crippen molar-refractivity contribution in [3.8, 4) is 0 Å². The molecule has 0 saturated heterocycles. The van der Waals surface area contributed by atoms with Crippen LogP contribution in [-0.2, 0) is 0 Å². The van der Waals surface area contributed by atoms with Gasteiger partial charge in [-0.3, -0.25) is 0 Å². The van der Waals surface area contributed by atoms with E-state index < -0.39 is 0 Å². The average Bonchev–Trinajstić information content (AvgIpc) is 1.86. The topological polar surface area (TPSA) is 0 Å². The van der Waals surface area contributed by atoms with Gasteiger partial charge in [0.15, 0.2) is 0 Å². The first kappa shape index (κ1) is 5.46. The molecule has 1 aliphatic heterocycles. The van der Waals surface area contributed by atoms with Gasteiger partial charge in [-0.05, 0) is 0 Å². The van der Waals surface area contributed by atoms with Crippen molar-refractivity contribution in [1.82, 2.24) is 0 Å². The zero-order valence-corrected chi connectivity index (χ0v) is 8.26. The molecule has 0 bridgehead atoms. The monoisotopic (exact) mass is 314 g/mol. The van der Waals surface area contributed by atoms with Crippen LogP contribution < -0.4 is 0 Å². The quantitative estimate of drug-likeness (QED) is 0.576. The van der Waals surface area contributed by atoms with Crippen molar-refractivity contribution in [3.63, 3.8) is 0 Å². The first-order valence-corrected chi connectivity index (χ1v) is 7.61. The molecule has 0 aromatic rings. The molecule has 6 heavy (non-hydrogen) atoms. The molecule has 0 N–H and O–H groups in total. The zero-order valence-electron chi connectivity index (χ0n) is 3.60. The van der Waals surface area contributed by atoms with Crippen LogP contribution in [0.1, 0.15) is 6.92 Å². The number of rotatable bonds is 0. The summed E-state index contributed by atoms with van der Waals surface area (Å²) in [6.45, 7) is 2.29. The van der Waals surface area contributed by atoms with Gasteiger partial charge in [-0.1, -0.05) is 0 Å². The summed E-state index contributed by atoms with van der Waals surface area (Å²) in [5.41, 5.74) is 0. The van der Waals surface area contributed by atoms with Gasteiger partial charge in [-0.25, -0.2) is 0 Å². The Morgan fingerprint density at radius 3 is 2.83 bits per heavy atom. The van der Waals surface area contributed by atoms with Crippen molar-refractivity contribution in [1.29, 1.82) is 0 Å². The Kier molecular flexibility index (Phi) is 2.35. The molecule has 1 aliphatic rings. The molecule has 2 heteroatoms. The Morgan fingerprint density at radius 1 is 1.83 bits per heavy atom. The molecule has 34 valence electrons. The molecule has 0 radical (unpaired) electrons. The number of hydrogen-bond donors (Lipinski definition) is 0. The van der Waals surface area contributed by atoms with Gasteiger partial charge in [0, 0.05) is 0 Å². The Morgan fingerprint density at radius 2 is 2.67 bits per heavy atom. The van der Waals surface area contributed by atoms with Gasteiger partial charge in [-0.15, -0.1) is 0 Å². The minimum absolute atomic E-state index is 0.452. The second-order valence-electron chi connectivity index (χ2n) is 1.16. The fourth-order valence-electron chi connectivity index (χ4n) is 0.312. The van der Waals surface area contributed by atoms with E-state index in [-0.39, 0.29) is 0 Å². The van der Waals surface area contributed by atoms with E-state index in [0.717, 1.165) is 0 Å². The van der Waals surface area contributed by atoms with Gasteiger partial charge < -0.3 is 0 Å². The maximum atomic E-state index is 2.51. The number of hydrogen-bond acceptors (Lipinski definition) is 0. The molecule has 0 aromatic carbocycles. The van der Waals surface area contributed by atoms with E-state index >= 15 is 0 Å². The fraction of sp³-hybridized carbons (Fsp3) is 0.500. The van der Waals surface area contributed by atoms with Crippen LogP contribution in [0.4, 0.5) is 0 Å². The molecule has 0 saturated carbocycles. The molecule has 1 heterocycles. The van der Waals surface area contributed by atoms with Gasteiger partial charge in [0.25, 0.3) is 0 Å². The van der Waals surface area contributed by atoms with E-state index in [1.165, 1.54) is 0 Å². The van der Waals surface area contributed by atoms with Crippen LogP contribution in [0, 0.1) is 0 Å². The molecule has 0 aliphatic carbocycles. The van der Waals surface area contributed by atoms with Gasteiger partial charge in [0.2, 0.25) is 0 Å². The fourth-order valence-corrected chi connectivity index (χ4v) is 10.9. The SMILES string of the molecule is CC1=C[Te]C[Te]1. The third-order valence-electron chi connectivity index (χ3n) is 0.604. The molecular weight excluding hydrogens is 303 g/mol. The summed E-state index contributed by atoms with van der Waals surface area (Å²) in [5.74, 6) is 0. The third-order valence-corrected chi connectivity index (χ3v) is 10.8. The average molecular weight is 309 g/mol. The van der Waals surface area contributed by atoms with Crippen LogP contribution in [0.3, 0.4) is 0 Å². The third kappa shape index (κ3) is 1.43. The normalized spacial score (nSPS) is 21.2. The van der Waals surface area contributed by atoms with E-state index in [9.17, 15) is 0 Å². The van der Waals surface area contributed by atoms with Crippen LogP contribution in [0.2, 0.25) is 2.52 Å². The second kappa shape index (κ2) is 2.58. The summed E-state index contributed by atoms with van der Waals surface area (Å²) in [5, 5.41) is 0. The Hall–Kier alpha value is 1.32. The maximum absolute atomic E-state index is 2.51. The molecule has 0 fully saturated rings. The number of allylic oxidation sites excluding steroid dienone is 1. The molecular formula is C4H6Te2.